The molecule has 1 aliphatic heterocycles. The topological polar surface area (TPSA) is 85.8 Å². The van der Waals surface area contributed by atoms with Crippen LogP contribution in [0.3, 0.4) is 0 Å². The molecule has 2 fully saturated rings. The van der Waals surface area contributed by atoms with Crippen LogP contribution in [0.25, 0.3) is 0 Å². The number of guanidine groups is 1. The van der Waals surface area contributed by atoms with Gasteiger partial charge in [-0.1, -0.05) is 19.3 Å². The van der Waals surface area contributed by atoms with Crippen molar-refractivity contribution >= 4 is 41.8 Å². The Kier molecular flexibility index (Phi) is 9.83. The molecular weight excluding hydrogens is 457 g/mol. The number of halogens is 1. The Morgan fingerprint density at radius 1 is 1.15 bits per heavy atom. The van der Waals surface area contributed by atoms with Gasteiger partial charge in [0.1, 0.15) is 0 Å². The van der Waals surface area contributed by atoms with Gasteiger partial charge in [-0.05, 0) is 33.1 Å². The second-order valence-electron chi connectivity index (χ2n) is 8.14. The number of nitrogens with one attached hydrogen (secondary N) is 3. The molecule has 3 N–H and O–H groups in total. The number of amides is 2. The summed E-state index contributed by atoms with van der Waals surface area (Å²) >= 11 is 0. The number of aliphatic imine (C=N–C) groups is 1. The predicted octanol–water partition coefficient (Wildman–Crippen LogP) is 1.72. The average molecular weight is 493 g/mol. The molecule has 0 bridgehead atoms. The SMILES string of the molecule is CN=C(NCC(C)(C)C(=O)NC)NC1CCN(C(=O)C2CCCCC2)C1.I. The van der Waals surface area contributed by atoms with Gasteiger partial charge in [0.25, 0.3) is 0 Å². The van der Waals surface area contributed by atoms with E-state index >= 15 is 0 Å². The van der Waals surface area contributed by atoms with Crippen LogP contribution in [-0.4, -0.2) is 62.4 Å². The van der Waals surface area contributed by atoms with Crippen LogP contribution < -0.4 is 16.0 Å². The van der Waals surface area contributed by atoms with Crippen LogP contribution >= 0.6 is 24.0 Å². The Morgan fingerprint density at radius 2 is 1.81 bits per heavy atom. The molecule has 8 heteroatoms. The minimum absolute atomic E-state index is 0. The third kappa shape index (κ3) is 6.80. The lowest BCUT2D eigenvalue weighted by molar-refractivity contribution is -0.135. The molecule has 1 heterocycles. The molecule has 1 saturated carbocycles. The quantitative estimate of drug-likeness (QED) is 0.310. The fourth-order valence-corrected chi connectivity index (χ4v) is 3.80. The zero-order valence-electron chi connectivity index (χ0n) is 17.1. The first-order chi connectivity index (χ1) is 12.4. The summed E-state index contributed by atoms with van der Waals surface area (Å²) in [6, 6.07) is 0.205. The highest BCUT2D eigenvalue weighted by Gasteiger charge is 2.32. The predicted molar refractivity (Wildman–Crippen MR) is 119 cm³/mol. The molecule has 0 aromatic heterocycles. The summed E-state index contributed by atoms with van der Waals surface area (Å²) in [7, 11) is 3.37. The van der Waals surface area contributed by atoms with Gasteiger partial charge in [0.15, 0.2) is 5.96 Å². The van der Waals surface area contributed by atoms with Gasteiger partial charge in [-0.25, -0.2) is 0 Å². The molecule has 27 heavy (non-hydrogen) atoms. The standard InChI is InChI=1S/C19H35N5O2.HI/c1-19(2,17(26)20-3)13-22-18(21-4)23-15-10-11-24(12-15)16(25)14-8-6-5-7-9-14;/h14-15H,5-13H2,1-4H3,(H,20,26)(H2,21,22,23);1H. The lowest BCUT2D eigenvalue weighted by Crippen LogP contribution is -2.50. The maximum absolute atomic E-state index is 12.7. The Hall–Kier alpha value is -1.06. The van der Waals surface area contributed by atoms with Gasteiger partial charge in [-0.2, -0.15) is 0 Å². The van der Waals surface area contributed by atoms with Crippen LogP contribution in [0.1, 0.15) is 52.4 Å². The molecule has 2 rings (SSSR count). The van der Waals surface area contributed by atoms with Gasteiger partial charge in [0, 0.05) is 45.7 Å². The lowest BCUT2D eigenvalue weighted by Gasteiger charge is -2.27. The zero-order valence-corrected chi connectivity index (χ0v) is 19.5. The summed E-state index contributed by atoms with van der Waals surface area (Å²) in [5, 5.41) is 9.32. The van der Waals surface area contributed by atoms with Gasteiger partial charge in [0.05, 0.1) is 5.41 Å². The van der Waals surface area contributed by atoms with E-state index in [4.69, 9.17) is 0 Å². The van der Waals surface area contributed by atoms with Crippen LogP contribution in [0, 0.1) is 11.3 Å². The molecule has 1 unspecified atom stereocenters. The summed E-state index contributed by atoms with van der Waals surface area (Å²) in [6.45, 7) is 5.82. The fourth-order valence-electron chi connectivity index (χ4n) is 3.80. The molecule has 0 aromatic carbocycles. The van der Waals surface area contributed by atoms with E-state index in [9.17, 15) is 9.59 Å². The second-order valence-corrected chi connectivity index (χ2v) is 8.14. The number of nitrogens with zero attached hydrogens (tertiary/aromatic N) is 2. The highest BCUT2D eigenvalue weighted by molar-refractivity contribution is 14.0. The Morgan fingerprint density at radius 3 is 2.41 bits per heavy atom. The first kappa shape index (κ1) is 24.0. The van der Waals surface area contributed by atoms with E-state index in [-0.39, 0.29) is 41.8 Å². The van der Waals surface area contributed by atoms with Gasteiger partial charge < -0.3 is 20.9 Å². The van der Waals surface area contributed by atoms with Crippen molar-refractivity contribution in [1.29, 1.82) is 0 Å². The van der Waals surface area contributed by atoms with Crippen molar-refractivity contribution < 1.29 is 9.59 Å². The van der Waals surface area contributed by atoms with Crippen molar-refractivity contribution in [2.24, 2.45) is 16.3 Å². The van der Waals surface area contributed by atoms with Crippen molar-refractivity contribution in [3.63, 3.8) is 0 Å². The number of hydrogen-bond donors (Lipinski definition) is 3. The first-order valence-electron chi connectivity index (χ1n) is 9.85. The number of carbonyl (C=O) groups excluding carboxylic acids is 2. The molecule has 2 amide bonds. The third-order valence-electron chi connectivity index (χ3n) is 5.56. The van der Waals surface area contributed by atoms with Crippen molar-refractivity contribution in [2.75, 3.05) is 33.7 Å². The van der Waals surface area contributed by atoms with Crippen molar-refractivity contribution in [1.82, 2.24) is 20.9 Å². The lowest BCUT2D eigenvalue weighted by atomic mass is 9.88. The Bertz CT molecular complexity index is 532. The van der Waals surface area contributed by atoms with Gasteiger partial charge >= 0.3 is 0 Å². The molecular formula is C19H36IN5O2. The van der Waals surface area contributed by atoms with E-state index in [2.05, 4.69) is 20.9 Å². The summed E-state index contributed by atoms with van der Waals surface area (Å²) in [4.78, 5) is 30.8. The molecule has 0 aromatic rings. The molecule has 1 atom stereocenters. The van der Waals surface area contributed by atoms with Gasteiger partial charge in [0.2, 0.25) is 11.8 Å². The van der Waals surface area contributed by atoms with Crippen molar-refractivity contribution in [3.05, 3.63) is 0 Å². The van der Waals surface area contributed by atoms with E-state index in [0.29, 0.717) is 18.4 Å². The monoisotopic (exact) mass is 493 g/mol. The van der Waals surface area contributed by atoms with E-state index in [1.807, 2.05) is 18.7 Å². The van der Waals surface area contributed by atoms with Gasteiger partial charge in [-0.3, -0.25) is 14.6 Å². The van der Waals surface area contributed by atoms with E-state index in [1.54, 1.807) is 14.1 Å². The summed E-state index contributed by atoms with van der Waals surface area (Å²) in [5.74, 6) is 1.23. The maximum atomic E-state index is 12.7. The summed E-state index contributed by atoms with van der Waals surface area (Å²) in [5.41, 5.74) is -0.523. The zero-order chi connectivity index (χ0) is 19.2. The maximum Gasteiger partial charge on any atom is 0.227 e. The van der Waals surface area contributed by atoms with Crippen LogP contribution in [0.15, 0.2) is 4.99 Å². The van der Waals surface area contributed by atoms with Crippen molar-refractivity contribution in [2.45, 2.75) is 58.4 Å². The minimum atomic E-state index is -0.523. The Labute approximate surface area is 180 Å². The largest absolute Gasteiger partial charge is 0.359 e. The molecule has 1 saturated heterocycles. The van der Waals surface area contributed by atoms with Crippen LogP contribution in [-0.2, 0) is 9.59 Å². The molecule has 156 valence electrons. The number of carbonyl (C=O) groups is 2. The molecule has 1 aliphatic carbocycles. The summed E-state index contributed by atoms with van der Waals surface area (Å²) in [6.07, 6.45) is 6.66. The third-order valence-corrected chi connectivity index (χ3v) is 5.56. The van der Waals surface area contributed by atoms with E-state index in [1.165, 1.54) is 19.3 Å². The smallest absolute Gasteiger partial charge is 0.227 e. The fraction of sp³-hybridized carbons (Fsp3) is 0.842. The van der Waals surface area contributed by atoms with E-state index < -0.39 is 5.41 Å². The minimum Gasteiger partial charge on any atom is -0.359 e. The molecule has 0 radical (unpaired) electrons. The van der Waals surface area contributed by atoms with Crippen LogP contribution in [0.4, 0.5) is 0 Å². The number of rotatable bonds is 5. The highest BCUT2D eigenvalue weighted by Crippen LogP contribution is 2.26. The summed E-state index contributed by atoms with van der Waals surface area (Å²) < 4.78 is 0. The number of hydrogen-bond acceptors (Lipinski definition) is 3. The van der Waals surface area contributed by atoms with Crippen LogP contribution in [0.5, 0.6) is 0 Å². The molecule has 7 nitrogen and oxygen atoms in total. The molecule has 2 aliphatic rings. The first-order valence-corrected chi connectivity index (χ1v) is 9.85. The van der Waals surface area contributed by atoms with Gasteiger partial charge in [-0.15, -0.1) is 24.0 Å². The van der Waals surface area contributed by atoms with Crippen LogP contribution in [0.2, 0.25) is 0 Å². The highest BCUT2D eigenvalue weighted by atomic mass is 127. The average Bonchev–Trinajstić information content (AvgIpc) is 3.12. The Balaban J connectivity index is 0.00000364. The number of likely N-dealkylation sites (tertiary alicyclic amines) is 1. The van der Waals surface area contributed by atoms with E-state index in [0.717, 1.165) is 32.4 Å². The second kappa shape index (κ2) is 11.1. The van der Waals surface area contributed by atoms with Crippen molar-refractivity contribution in [3.8, 4) is 0 Å². The molecule has 0 spiro atoms. The normalized spacial score (nSPS) is 21.4.